The Kier molecular flexibility index (Phi) is 3.00. The predicted molar refractivity (Wildman–Crippen MR) is 73.3 cm³/mol. The van der Waals surface area contributed by atoms with Gasteiger partial charge in [-0.1, -0.05) is 19.8 Å². The molecule has 0 spiro atoms. The highest BCUT2D eigenvalue weighted by Gasteiger charge is 2.23. The van der Waals surface area contributed by atoms with Crippen molar-refractivity contribution in [2.24, 2.45) is 11.8 Å². The summed E-state index contributed by atoms with van der Waals surface area (Å²) >= 11 is 0. The second-order valence-electron chi connectivity index (χ2n) is 5.46. The van der Waals surface area contributed by atoms with Crippen LogP contribution in [0.25, 0.3) is 5.65 Å². The van der Waals surface area contributed by atoms with Crippen molar-refractivity contribution >= 4 is 11.5 Å². The summed E-state index contributed by atoms with van der Waals surface area (Å²) in [6, 6.07) is 1.81. The van der Waals surface area contributed by atoms with Crippen molar-refractivity contribution in [1.82, 2.24) is 19.6 Å². The van der Waals surface area contributed by atoms with Crippen molar-refractivity contribution in [1.29, 1.82) is 0 Å². The number of aromatic nitrogens is 4. The lowest BCUT2D eigenvalue weighted by atomic mass is 9.98. The molecule has 2 unspecified atom stereocenters. The van der Waals surface area contributed by atoms with Gasteiger partial charge in [0.1, 0.15) is 11.6 Å². The molecular weight excluding hydrogens is 242 g/mol. The Bertz CT molecular complexity index is 644. The van der Waals surface area contributed by atoms with E-state index in [-0.39, 0.29) is 5.69 Å². The number of aryl methyl sites for hydroxylation is 1. The number of nitrogens with zero attached hydrogens (tertiary/aromatic N) is 3. The number of hydrogen-bond donors (Lipinski definition) is 2. The largest absolute Gasteiger partial charge is 0.370 e. The van der Waals surface area contributed by atoms with Crippen molar-refractivity contribution in [3.8, 4) is 0 Å². The monoisotopic (exact) mass is 261 g/mol. The smallest absolute Gasteiger partial charge is 0.349 e. The Morgan fingerprint density at radius 2 is 2.37 bits per heavy atom. The number of aromatic amines is 1. The molecule has 0 aliphatic heterocycles. The quantitative estimate of drug-likeness (QED) is 0.879. The summed E-state index contributed by atoms with van der Waals surface area (Å²) in [5.74, 6) is 2.95. The summed E-state index contributed by atoms with van der Waals surface area (Å²) < 4.78 is 1.48. The number of hydrogen-bond acceptors (Lipinski definition) is 4. The fraction of sp³-hybridized carbons (Fsp3) is 0.615. The van der Waals surface area contributed by atoms with Crippen LogP contribution in [0.15, 0.2) is 10.9 Å². The lowest BCUT2D eigenvalue weighted by Crippen LogP contribution is -2.18. The van der Waals surface area contributed by atoms with E-state index in [4.69, 9.17) is 0 Å². The summed E-state index contributed by atoms with van der Waals surface area (Å²) in [6.07, 6.45) is 3.94. The lowest BCUT2D eigenvalue weighted by molar-refractivity contribution is 0.439. The van der Waals surface area contributed by atoms with E-state index in [9.17, 15) is 4.79 Å². The number of H-pyrrole nitrogens is 1. The van der Waals surface area contributed by atoms with E-state index >= 15 is 0 Å². The molecule has 6 nitrogen and oxygen atoms in total. The average Bonchev–Trinajstić information content (AvgIpc) is 2.94. The molecule has 0 aromatic carbocycles. The molecule has 6 heteroatoms. The molecule has 102 valence electrons. The first-order chi connectivity index (χ1) is 9.15. The van der Waals surface area contributed by atoms with E-state index in [2.05, 4.69) is 27.4 Å². The van der Waals surface area contributed by atoms with E-state index in [0.717, 1.165) is 24.2 Å². The van der Waals surface area contributed by atoms with Crippen molar-refractivity contribution in [3.05, 3.63) is 22.4 Å². The Morgan fingerprint density at radius 1 is 1.53 bits per heavy atom. The van der Waals surface area contributed by atoms with Crippen LogP contribution in [-0.4, -0.2) is 26.1 Å². The predicted octanol–water partition coefficient (Wildman–Crippen LogP) is 1.57. The molecule has 2 aromatic heterocycles. The second kappa shape index (κ2) is 4.68. The first kappa shape index (κ1) is 12.2. The minimum atomic E-state index is -0.240. The molecule has 2 N–H and O–H groups in total. The maximum Gasteiger partial charge on any atom is 0.349 e. The Balaban J connectivity index is 1.80. The third kappa shape index (κ3) is 2.22. The van der Waals surface area contributed by atoms with Crippen LogP contribution in [0.3, 0.4) is 0 Å². The maximum atomic E-state index is 11.5. The molecule has 0 radical (unpaired) electrons. The van der Waals surface area contributed by atoms with E-state index in [1.807, 2.05) is 13.0 Å². The molecule has 0 saturated heterocycles. The SMILES string of the molecule is Cc1nc(NCC2CCCC2C)cc2n[nH]c(=O)n12. The topological polar surface area (TPSA) is 75.1 Å². The van der Waals surface area contributed by atoms with Gasteiger partial charge in [0.25, 0.3) is 0 Å². The first-order valence-corrected chi connectivity index (χ1v) is 6.84. The van der Waals surface area contributed by atoms with Crippen LogP contribution in [-0.2, 0) is 0 Å². The van der Waals surface area contributed by atoms with Crippen LogP contribution in [0.5, 0.6) is 0 Å². The first-order valence-electron chi connectivity index (χ1n) is 6.84. The van der Waals surface area contributed by atoms with E-state index < -0.39 is 0 Å². The Hall–Kier alpha value is -1.85. The number of rotatable bonds is 3. The highest BCUT2D eigenvalue weighted by Crippen LogP contribution is 2.31. The zero-order chi connectivity index (χ0) is 13.4. The molecule has 2 heterocycles. The molecule has 2 aromatic rings. The molecule has 19 heavy (non-hydrogen) atoms. The van der Waals surface area contributed by atoms with Gasteiger partial charge in [-0.2, -0.15) is 5.10 Å². The number of fused-ring (bicyclic) bond motifs is 1. The molecule has 1 aliphatic carbocycles. The molecule has 1 saturated carbocycles. The second-order valence-corrected chi connectivity index (χ2v) is 5.46. The van der Waals surface area contributed by atoms with Crippen LogP contribution >= 0.6 is 0 Å². The van der Waals surface area contributed by atoms with Gasteiger partial charge < -0.3 is 5.32 Å². The van der Waals surface area contributed by atoms with Gasteiger partial charge in [0.15, 0.2) is 5.65 Å². The van der Waals surface area contributed by atoms with Crippen molar-refractivity contribution < 1.29 is 0 Å². The van der Waals surface area contributed by atoms with Gasteiger partial charge in [-0.3, -0.25) is 0 Å². The van der Waals surface area contributed by atoms with Crippen LogP contribution in [0.1, 0.15) is 32.0 Å². The summed E-state index contributed by atoms with van der Waals surface area (Å²) in [7, 11) is 0. The molecule has 2 atom stereocenters. The van der Waals surface area contributed by atoms with Gasteiger partial charge in [-0.15, -0.1) is 0 Å². The molecular formula is C13H19N5O. The number of nitrogens with one attached hydrogen (secondary N) is 2. The number of anilines is 1. The Labute approximate surface area is 111 Å². The third-order valence-electron chi connectivity index (χ3n) is 4.15. The van der Waals surface area contributed by atoms with Gasteiger partial charge in [0.2, 0.25) is 0 Å². The normalized spacial score (nSPS) is 23.1. The zero-order valence-electron chi connectivity index (χ0n) is 11.3. The van der Waals surface area contributed by atoms with Crippen LogP contribution in [0.4, 0.5) is 5.82 Å². The highest BCUT2D eigenvalue weighted by atomic mass is 16.1. The minimum absolute atomic E-state index is 0.240. The average molecular weight is 261 g/mol. The molecule has 0 bridgehead atoms. The maximum absolute atomic E-state index is 11.5. The lowest BCUT2D eigenvalue weighted by Gasteiger charge is -2.16. The fourth-order valence-electron chi connectivity index (χ4n) is 2.95. The van der Waals surface area contributed by atoms with Gasteiger partial charge in [0, 0.05) is 12.6 Å². The molecule has 1 fully saturated rings. The summed E-state index contributed by atoms with van der Waals surface area (Å²) in [6.45, 7) is 5.07. The fourth-order valence-corrected chi connectivity index (χ4v) is 2.95. The van der Waals surface area contributed by atoms with Gasteiger partial charge in [-0.05, 0) is 25.2 Å². The summed E-state index contributed by atoms with van der Waals surface area (Å²) in [5, 5.41) is 9.80. The van der Waals surface area contributed by atoms with Crippen LogP contribution in [0, 0.1) is 18.8 Å². The van der Waals surface area contributed by atoms with E-state index in [1.54, 1.807) is 0 Å². The van der Waals surface area contributed by atoms with Crippen LogP contribution in [0.2, 0.25) is 0 Å². The standard InChI is InChI=1S/C13H19N5O/c1-8-4-3-5-10(8)7-14-11-6-12-16-17-13(19)18(12)9(2)15-11/h6,8,10,14H,3-5,7H2,1-2H3,(H,17,19). The molecule has 1 aliphatic rings. The Morgan fingerprint density at radius 3 is 3.11 bits per heavy atom. The minimum Gasteiger partial charge on any atom is -0.370 e. The van der Waals surface area contributed by atoms with Gasteiger partial charge >= 0.3 is 5.69 Å². The van der Waals surface area contributed by atoms with E-state index in [0.29, 0.717) is 11.5 Å². The third-order valence-corrected chi connectivity index (χ3v) is 4.15. The molecule has 0 amide bonds. The summed E-state index contributed by atoms with van der Waals surface area (Å²) in [4.78, 5) is 15.9. The highest BCUT2D eigenvalue weighted by molar-refractivity contribution is 5.49. The van der Waals surface area contributed by atoms with E-state index in [1.165, 1.54) is 23.7 Å². The van der Waals surface area contributed by atoms with Crippen molar-refractivity contribution in [3.63, 3.8) is 0 Å². The summed E-state index contributed by atoms with van der Waals surface area (Å²) in [5.41, 5.74) is 0.371. The molecule has 3 rings (SSSR count). The van der Waals surface area contributed by atoms with Crippen LogP contribution < -0.4 is 11.0 Å². The van der Waals surface area contributed by atoms with Crippen molar-refractivity contribution in [2.45, 2.75) is 33.1 Å². The van der Waals surface area contributed by atoms with Gasteiger partial charge in [-0.25, -0.2) is 19.3 Å². The van der Waals surface area contributed by atoms with Gasteiger partial charge in [0.05, 0.1) is 0 Å². The zero-order valence-corrected chi connectivity index (χ0v) is 11.3. The van der Waals surface area contributed by atoms with Crippen molar-refractivity contribution in [2.75, 3.05) is 11.9 Å².